The van der Waals surface area contributed by atoms with Gasteiger partial charge < -0.3 is 4.74 Å². The fraction of sp³-hybridized carbons (Fsp3) is 0.150. The first kappa shape index (κ1) is 14.6. The maximum atomic E-state index is 5.78. The molecule has 0 fully saturated rings. The van der Waals surface area contributed by atoms with Gasteiger partial charge in [-0.15, -0.1) is 0 Å². The molecule has 0 spiro atoms. The van der Waals surface area contributed by atoms with Crippen molar-refractivity contribution in [2.45, 2.75) is 12.5 Å². The molecule has 0 bridgehead atoms. The maximum absolute atomic E-state index is 5.78. The zero-order valence-corrected chi connectivity index (χ0v) is 13.2. The van der Waals surface area contributed by atoms with Crippen LogP contribution in [0.2, 0.25) is 0 Å². The molecule has 4 nitrogen and oxygen atoms in total. The molecule has 3 heterocycles. The Bertz CT molecular complexity index is 847. The molecule has 0 saturated heterocycles. The molecule has 24 heavy (non-hydrogen) atoms. The Morgan fingerprint density at radius 3 is 2.46 bits per heavy atom. The van der Waals surface area contributed by atoms with Crippen molar-refractivity contribution < 1.29 is 4.74 Å². The van der Waals surface area contributed by atoms with Gasteiger partial charge in [-0.2, -0.15) is 0 Å². The highest BCUT2D eigenvalue weighted by Gasteiger charge is 2.21. The van der Waals surface area contributed by atoms with Crippen LogP contribution in [-0.2, 0) is 11.2 Å². The van der Waals surface area contributed by atoms with Crippen LogP contribution in [0, 0.1) is 0 Å². The first-order valence-corrected chi connectivity index (χ1v) is 8.02. The summed E-state index contributed by atoms with van der Waals surface area (Å²) in [5.41, 5.74) is 3.70. The number of aromatic nitrogens is 2. The quantitative estimate of drug-likeness (QED) is 0.740. The van der Waals surface area contributed by atoms with Gasteiger partial charge in [-0.1, -0.05) is 42.5 Å². The molecule has 1 atom stereocenters. The molecule has 1 unspecified atom stereocenters. The molecule has 1 aliphatic heterocycles. The Morgan fingerprint density at radius 2 is 1.62 bits per heavy atom. The van der Waals surface area contributed by atoms with E-state index in [4.69, 9.17) is 9.73 Å². The van der Waals surface area contributed by atoms with E-state index in [0.717, 1.165) is 23.5 Å². The van der Waals surface area contributed by atoms with Gasteiger partial charge in [0, 0.05) is 6.20 Å². The molecule has 4 heteroatoms. The Morgan fingerprint density at radius 1 is 0.833 bits per heavy atom. The molecule has 118 valence electrons. The number of nitrogens with zero attached hydrogens (tertiary/aromatic N) is 3. The Kier molecular flexibility index (Phi) is 4.02. The Labute approximate surface area is 140 Å². The first-order valence-electron chi connectivity index (χ1n) is 8.02. The average Bonchev–Trinajstić information content (AvgIpc) is 3.12. The molecule has 0 aliphatic carbocycles. The summed E-state index contributed by atoms with van der Waals surface area (Å²) < 4.78 is 5.78. The number of hydrogen-bond donors (Lipinski definition) is 0. The van der Waals surface area contributed by atoms with Crippen LogP contribution < -0.4 is 0 Å². The molecule has 1 aliphatic rings. The van der Waals surface area contributed by atoms with E-state index < -0.39 is 0 Å². The lowest BCUT2D eigenvalue weighted by Crippen LogP contribution is -2.09. The van der Waals surface area contributed by atoms with Gasteiger partial charge in [0.25, 0.3) is 0 Å². The predicted octanol–water partition coefficient (Wildman–Crippen LogP) is 3.53. The molecule has 0 N–H and O–H groups in total. The maximum Gasteiger partial charge on any atom is 0.235 e. The molecule has 0 radical (unpaired) electrons. The molecule has 0 saturated carbocycles. The van der Waals surface area contributed by atoms with Crippen LogP contribution in [0.3, 0.4) is 0 Å². The second-order valence-electron chi connectivity index (χ2n) is 5.71. The third kappa shape index (κ3) is 3.18. The van der Waals surface area contributed by atoms with E-state index in [0.29, 0.717) is 12.5 Å². The van der Waals surface area contributed by atoms with Crippen LogP contribution in [-0.4, -0.2) is 28.5 Å². The highest BCUT2D eigenvalue weighted by atomic mass is 16.5. The van der Waals surface area contributed by atoms with E-state index in [1.54, 1.807) is 6.20 Å². The molecule has 2 aromatic heterocycles. The van der Waals surface area contributed by atoms with Gasteiger partial charge in [0.05, 0.1) is 17.4 Å². The molecule has 3 aromatic rings. The largest absolute Gasteiger partial charge is 0.474 e. The zero-order chi connectivity index (χ0) is 16.2. The van der Waals surface area contributed by atoms with Gasteiger partial charge in [-0.3, -0.25) is 4.98 Å². The van der Waals surface area contributed by atoms with Crippen LogP contribution >= 0.6 is 0 Å². The number of benzene rings is 1. The van der Waals surface area contributed by atoms with Crippen molar-refractivity contribution in [3.63, 3.8) is 0 Å². The van der Waals surface area contributed by atoms with Crippen LogP contribution in [0.15, 0.2) is 77.9 Å². The number of ether oxygens (including phenoxy) is 1. The summed E-state index contributed by atoms with van der Waals surface area (Å²) in [5, 5.41) is 0. The summed E-state index contributed by atoms with van der Waals surface area (Å²) in [7, 11) is 0. The van der Waals surface area contributed by atoms with Gasteiger partial charge in [0.2, 0.25) is 5.90 Å². The summed E-state index contributed by atoms with van der Waals surface area (Å²) in [4.78, 5) is 13.7. The van der Waals surface area contributed by atoms with E-state index in [9.17, 15) is 0 Å². The standard InChI is InChI=1S/C20H17N3O/c1-2-7-15(8-3-1)13-16-14-24-20(22-16)19-11-6-10-18(23-19)17-9-4-5-12-21-17/h1-12,16H,13-14H2. The fourth-order valence-corrected chi connectivity index (χ4v) is 2.76. The highest BCUT2D eigenvalue weighted by Crippen LogP contribution is 2.18. The van der Waals surface area contributed by atoms with Crippen molar-refractivity contribution in [1.82, 2.24) is 9.97 Å². The minimum Gasteiger partial charge on any atom is -0.474 e. The van der Waals surface area contributed by atoms with Gasteiger partial charge in [-0.25, -0.2) is 9.98 Å². The van der Waals surface area contributed by atoms with E-state index >= 15 is 0 Å². The van der Waals surface area contributed by atoms with Gasteiger partial charge >= 0.3 is 0 Å². The molecule has 1 aromatic carbocycles. The van der Waals surface area contributed by atoms with E-state index in [1.165, 1.54) is 5.56 Å². The highest BCUT2D eigenvalue weighted by molar-refractivity contribution is 5.93. The Balaban J connectivity index is 1.55. The van der Waals surface area contributed by atoms with Crippen molar-refractivity contribution in [2.75, 3.05) is 6.61 Å². The van der Waals surface area contributed by atoms with Crippen molar-refractivity contribution >= 4 is 5.90 Å². The lowest BCUT2D eigenvalue weighted by molar-refractivity contribution is 0.316. The lowest BCUT2D eigenvalue weighted by Gasteiger charge is -2.04. The Hall–Kier alpha value is -3.01. The zero-order valence-electron chi connectivity index (χ0n) is 13.2. The first-order chi connectivity index (χ1) is 11.9. The van der Waals surface area contributed by atoms with E-state index in [2.05, 4.69) is 22.1 Å². The number of hydrogen-bond acceptors (Lipinski definition) is 4. The minimum absolute atomic E-state index is 0.141. The van der Waals surface area contributed by atoms with E-state index in [1.807, 2.05) is 54.6 Å². The predicted molar refractivity (Wildman–Crippen MR) is 93.9 cm³/mol. The summed E-state index contributed by atoms with van der Waals surface area (Å²) >= 11 is 0. The molecule has 4 rings (SSSR count). The summed E-state index contributed by atoms with van der Waals surface area (Å²) in [6.45, 7) is 0.597. The second kappa shape index (κ2) is 6.62. The topological polar surface area (TPSA) is 47.4 Å². The van der Waals surface area contributed by atoms with Crippen molar-refractivity contribution in [3.8, 4) is 11.4 Å². The van der Waals surface area contributed by atoms with Crippen LogP contribution in [0.4, 0.5) is 0 Å². The van der Waals surface area contributed by atoms with Crippen molar-refractivity contribution in [1.29, 1.82) is 0 Å². The van der Waals surface area contributed by atoms with Gasteiger partial charge in [0.1, 0.15) is 12.3 Å². The smallest absolute Gasteiger partial charge is 0.235 e. The summed E-state index contributed by atoms with van der Waals surface area (Å²) in [6.07, 6.45) is 2.65. The lowest BCUT2D eigenvalue weighted by atomic mass is 10.1. The van der Waals surface area contributed by atoms with Crippen molar-refractivity contribution in [2.24, 2.45) is 4.99 Å². The van der Waals surface area contributed by atoms with Gasteiger partial charge in [0.15, 0.2) is 0 Å². The molecular weight excluding hydrogens is 298 g/mol. The van der Waals surface area contributed by atoms with Crippen LogP contribution in [0.5, 0.6) is 0 Å². The number of aliphatic imine (C=N–C) groups is 1. The summed E-state index contributed by atoms with van der Waals surface area (Å²) in [5.74, 6) is 0.619. The normalized spacial score (nSPS) is 16.5. The minimum atomic E-state index is 0.141. The van der Waals surface area contributed by atoms with E-state index in [-0.39, 0.29) is 6.04 Å². The molecular formula is C20H17N3O. The third-order valence-electron chi connectivity index (χ3n) is 3.92. The second-order valence-corrected chi connectivity index (χ2v) is 5.71. The summed E-state index contributed by atoms with van der Waals surface area (Å²) in [6, 6.07) is 22.1. The average molecular weight is 315 g/mol. The molecule has 0 amide bonds. The van der Waals surface area contributed by atoms with Crippen LogP contribution in [0.1, 0.15) is 11.3 Å². The monoisotopic (exact) mass is 315 g/mol. The van der Waals surface area contributed by atoms with Gasteiger partial charge in [-0.05, 0) is 36.2 Å². The van der Waals surface area contributed by atoms with Crippen molar-refractivity contribution in [3.05, 3.63) is 84.2 Å². The third-order valence-corrected chi connectivity index (χ3v) is 3.92. The van der Waals surface area contributed by atoms with Crippen LogP contribution in [0.25, 0.3) is 11.4 Å². The number of pyridine rings is 2. The fourth-order valence-electron chi connectivity index (χ4n) is 2.76. The number of rotatable bonds is 4. The SMILES string of the molecule is c1ccc(CC2COC(c3cccc(-c4ccccn4)n3)=N2)cc1.